The van der Waals surface area contributed by atoms with Crippen LogP contribution in [0.15, 0.2) is 39.1 Å². The van der Waals surface area contributed by atoms with Gasteiger partial charge >= 0.3 is 0 Å². The molecule has 1 N–H and O–H groups in total. The van der Waals surface area contributed by atoms with Crippen molar-refractivity contribution in [2.75, 3.05) is 0 Å². The summed E-state index contributed by atoms with van der Waals surface area (Å²) in [5.41, 5.74) is 0.187. The topological polar surface area (TPSA) is 46.3 Å². The molecule has 3 nitrogen and oxygen atoms in total. The number of hydrogen-bond donors (Lipinski definition) is 1. The lowest BCUT2D eigenvalue weighted by Crippen LogP contribution is -1.93. The molecule has 0 bridgehead atoms. The predicted molar refractivity (Wildman–Crippen MR) is 52.9 cm³/mol. The van der Waals surface area contributed by atoms with Gasteiger partial charge in [-0.25, -0.2) is 13.8 Å². The lowest BCUT2D eigenvalue weighted by molar-refractivity contribution is 0.280. The molecule has 2 rings (SSSR count). The molecular formula is C10H7F2NO2S. The first kappa shape index (κ1) is 11.1. The number of halogens is 2. The van der Waals surface area contributed by atoms with Crippen molar-refractivity contribution < 1.29 is 18.3 Å². The molecular weight excluding hydrogens is 236 g/mol. The number of aliphatic hydroxyl groups is 1. The summed E-state index contributed by atoms with van der Waals surface area (Å²) in [4.78, 5) is 3.56. The van der Waals surface area contributed by atoms with Gasteiger partial charge in [0.1, 0.15) is 17.9 Å². The molecule has 0 aliphatic carbocycles. The van der Waals surface area contributed by atoms with Crippen LogP contribution in [0.3, 0.4) is 0 Å². The summed E-state index contributed by atoms with van der Waals surface area (Å²) in [5.74, 6) is -1.49. The number of aliphatic hydroxyl groups excluding tert-OH is 1. The first-order chi connectivity index (χ1) is 7.70. The zero-order valence-electron chi connectivity index (χ0n) is 7.98. The van der Waals surface area contributed by atoms with Crippen LogP contribution >= 0.6 is 11.8 Å². The number of benzene rings is 1. The second kappa shape index (κ2) is 4.63. The zero-order valence-corrected chi connectivity index (χ0v) is 8.80. The summed E-state index contributed by atoms with van der Waals surface area (Å²) in [6, 6.07) is 2.16. The molecule has 2 aromatic rings. The molecule has 0 atom stereocenters. The van der Waals surface area contributed by atoms with Crippen molar-refractivity contribution in [1.82, 2.24) is 4.98 Å². The van der Waals surface area contributed by atoms with E-state index in [1.54, 1.807) is 0 Å². The van der Waals surface area contributed by atoms with Crippen LogP contribution in [0.25, 0.3) is 0 Å². The molecule has 0 saturated heterocycles. The van der Waals surface area contributed by atoms with E-state index in [0.717, 1.165) is 23.9 Å². The largest absolute Gasteiger partial charge is 0.440 e. The van der Waals surface area contributed by atoms with Crippen molar-refractivity contribution in [1.29, 1.82) is 0 Å². The molecule has 0 unspecified atom stereocenters. The maximum absolute atomic E-state index is 13.4. The van der Waals surface area contributed by atoms with E-state index in [4.69, 9.17) is 9.52 Å². The van der Waals surface area contributed by atoms with E-state index in [1.165, 1.54) is 12.5 Å². The summed E-state index contributed by atoms with van der Waals surface area (Å²) >= 11 is 0.757. The van der Waals surface area contributed by atoms with Gasteiger partial charge in [0.25, 0.3) is 5.22 Å². The number of rotatable bonds is 3. The Kier molecular flexibility index (Phi) is 3.21. The number of nitrogens with zero attached hydrogens (tertiary/aromatic N) is 1. The highest BCUT2D eigenvalue weighted by atomic mass is 32.2. The fourth-order valence-electron chi connectivity index (χ4n) is 1.15. The number of oxazole rings is 1. The maximum atomic E-state index is 13.4. The van der Waals surface area contributed by atoms with Crippen LogP contribution in [0, 0.1) is 11.6 Å². The lowest BCUT2D eigenvalue weighted by atomic mass is 10.2. The summed E-state index contributed by atoms with van der Waals surface area (Å²) in [7, 11) is 0. The number of aromatic nitrogens is 1. The van der Waals surface area contributed by atoms with Gasteiger partial charge in [0, 0.05) is 0 Å². The Balaban J connectivity index is 2.34. The molecule has 0 spiro atoms. The van der Waals surface area contributed by atoms with Crippen molar-refractivity contribution in [3.05, 3.63) is 41.8 Å². The van der Waals surface area contributed by atoms with E-state index in [-0.39, 0.29) is 15.7 Å². The molecule has 0 aliphatic heterocycles. The first-order valence-electron chi connectivity index (χ1n) is 4.37. The molecule has 0 amide bonds. The Morgan fingerprint density at radius 2 is 2.00 bits per heavy atom. The van der Waals surface area contributed by atoms with Gasteiger partial charge in [-0.1, -0.05) is 0 Å². The van der Waals surface area contributed by atoms with Gasteiger partial charge in [0.15, 0.2) is 0 Å². The predicted octanol–water partition coefficient (Wildman–Crippen LogP) is 2.60. The van der Waals surface area contributed by atoms with Crippen LogP contribution in [0.5, 0.6) is 0 Å². The normalized spacial score (nSPS) is 10.7. The van der Waals surface area contributed by atoms with Crippen LogP contribution in [0.2, 0.25) is 0 Å². The van der Waals surface area contributed by atoms with Crippen LogP contribution in [0.1, 0.15) is 5.56 Å². The molecule has 0 aliphatic rings. The van der Waals surface area contributed by atoms with Crippen molar-refractivity contribution in [3.63, 3.8) is 0 Å². The average molecular weight is 243 g/mol. The Morgan fingerprint density at radius 3 is 2.50 bits per heavy atom. The van der Waals surface area contributed by atoms with E-state index >= 15 is 0 Å². The molecule has 84 valence electrons. The van der Waals surface area contributed by atoms with Gasteiger partial charge in [-0.2, -0.15) is 0 Å². The Hall–Kier alpha value is -1.40. The first-order valence-corrected chi connectivity index (χ1v) is 5.18. The quantitative estimate of drug-likeness (QED) is 0.900. The minimum Gasteiger partial charge on any atom is -0.440 e. The minimum atomic E-state index is -0.743. The molecule has 0 saturated carbocycles. The van der Waals surface area contributed by atoms with Crippen LogP contribution in [-0.2, 0) is 6.61 Å². The van der Waals surface area contributed by atoms with Gasteiger partial charge in [0.2, 0.25) is 0 Å². The summed E-state index contributed by atoms with van der Waals surface area (Å²) in [5, 5.41) is 8.92. The molecule has 1 aromatic carbocycles. The third-order valence-electron chi connectivity index (χ3n) is 1.84. The molecule has 1 heterocycles. The molecule has 1 aromatic heterocycles. The smallest absolute Gasteiger partial charge is 0.260 e. The van der Waals surface area contributed by atoms with Crippen molar-refractivity contribution in [2.24, 2.45) is 0 Å². The molecule has 6 heteroatoms. The highest BCUT2D eigenvalue weighted by molar-refractivity contribution is 7.99. The van der Waals surface area contributed by atoms with Gasteiger partial charge in [-0.05, 0) is 29.5 Å². The van der Waals surface area contributed by atoms with Gasteiger partial charge in [-0.3, -0.25) is 0 Å². The Labute approximate surface area is 94.1 Å². The summed E-state index contributed by atoms with van der Waals surface area (Å²) in [6.45, 7) is -0.405. The maximum Gasteiger partial charge on any atom is 0.260 e. The van der Waals surface area contributed by atoms with Crippen molar-refractivity contribution >= 4 is 11.8 Å². The molecule has 16 heavy (non-hydrogen) atoms. The summed E-state index contributed by atoms with van der Waals surface area (Å²) in [6.07, 6.45) is 2.71. The monoisotopic (exact) mass is 243 g/mol. The third-order valence-corrected chi connectivity index (χ3v) is 2.81. The standard InChI is InChI=1S/C10H7F2NO2S/c11-7-3-6(5-14)4-8(12)9(7)16-10-13-1-2-15-10/h1-4,14H,5H2. The lowest BCUT2D eigenvalue weighted by Gasteiger charge is -2.04. The fourth-order valence-corrected chi connectivity index (χ4v) is 1.85. The van der Waals surface area contributed by atoms with Gasteiger partial charge in [0.05, 0.1) is 17.7 Å². The van der Waals surface area contributed by atoms with E-state index in [0.29, 0.717) is 0 Å². The van der Waals surface area contributed by atoms with Crippen LogP contribution in [-0.4, -0.2) is 10.1 Å². The Bertz CT molecular complexity index is 465. The van der Waals surface area contributed by atoms with Crippen LogP contribution in [0.4, 0.5) is 8.78 Å². The second-order valence-corrected chi connectivity index (χ2v) is 3.91. The molecule has 0 fully saturated rings. The Morgan fingerprint density at radius 1 is 1.31 bits per heavy atom. The highest BCUT2D eigenvalue weighted by Crippen LogP contribution is 2.31. The second-order valence-electron chi connectivity index (χ2n) is 2.95. The van der Waals surface area contributed by atoms with E-state index < -0.39 is 18.2 Å². The fraction of sp³-hybridized carbons (Fsp3) is 0.100. The highest BCUT2D eigenvalue weighted by Gasteiger charge is 2.14. The van der Waals surface area contributed by atoms with Crippen LogP contribution < -0.4 is 0 Å². The molecule has 0 radical (unpaired) electrons. The van der Waals surface area contributed by atoms with E-state index in [1.807, 2.05) is 0 Å². The van der Waals surface area contributed by atoms with Gasteiger partial charge < -0.3 is 9.52 Å². The van der Waals surface area contributed by atoms with Crippen molar-refractivity contribution in [2.45, 2.75) is 16.7 Å². The zero-order chi connectivity index (χ0) is 11.5. The minimum absolute atomic E-state index is 0.162. The van der Waals surface area contributed by atoms with E-state index in [2.05, 4.69) is 4.98 Å². The van der Waals surface area contributed by atoms with Gasteiger partial charge in [-0.15, -0.1) is 0 Å². The third kappa shape index (κ3) is 2.23. The SMILES string of the molecule is OCc1cc(F)c(Sc2ncco2)c(F)c1. The van der Waals surface area contributed by atoms with Crippen molar-refractivity contribution in [3.8, 4) is 0 Å². The van der Waals surface area contributed by atoms with E-state index in [9.17, 15) is 8.78 Å². The summed E-state index contributed by atoms with van der Waals surface area (Å²) < 4.78 is 31.8. The number of hydrogen-bond acceptors (Lipinski definition) is 4. The average Bonchev–Trinajstić information content (AvgIpc) is 2.75.